The molecule has 2 rings (SSSR count). The Morgan fingerprint density at radius 3 is 2.63 bits per heavy atom. The second kappa shape index (κ2) is 14.6. The predicted molar refractivity (Wildman–Crippen MR) is 134 cm³/mol. The normalized spacial score (nSPS) is 19.7. The van der Waals surface area contributed by atoms with E-state index in [0.29, 0.717) is 17.8 Å². The molecular formula is C22H38IN5O2. The summed E-state index contributed by atoms with van der Waals surface area (Å²) in [4.78, 5) is 18.9. The maximum atomic E-state index is 11.8. The van der Waals surface area contributed by atoms with Gasteiger partial charge in [-0.1, -0.05) is 12.1 Å². The van der Waals surface area contributed by atoms with Crippen LogP contribution in [0.4, 0.5) is 0 Å². The monoisotopic (exact) mass is 531 g/mol. The lowest BCUT2D eigenvalue weighted by Crippen LogP contribution is -2.45. The molecule has 1 aliphatic rings. The summed E-state index contributed by atoms with van der Waals surface area (Å²) < 4.78 is 5.79. The SMILES string of the molecule is CCNC(=NCCCN1CC(C)OC(C)C1)NCCc1cccc(C(=O)NC)c1.I. The van der Waals surface area contributed by atoms with Crippen molar-refractivity contribution in [3.05, 3.63) is 35.4 Å². The van der Waals surface area contributed by atoms with Crippen LogP contribution in [-0.4, -0.2) is 75.3 Å². The smallest absolute Gasteiger partial charge is 0.251 e. The molecule has 170 valence electrons. The molecule has 1 aromatic rings. The van der Waals surface area contributed by atoms with E-state index >= 15 is 0 Å². The quantitative estimate of drug-likeness (QED) is 0.197. The highest BCUT2D eigenvalue weighted by molar-refractivity contribution is 14.0. The molecule has 7 nitrogen and oxygen atoms in total. The zero-order chi connectivity index (χ0) is 21.1. The maximum absolute atomic E-state index is 11.8. The summed E-state index contributed by atoms with van der Waals surface area (Å²) in [7, 11) is 1.65. The van der Waals surface area contributed by atoms with Crippen LogP contribution in [0, 0.1) is 0 Å². The number of nitrogens with one attached hydrogen (secondary N) is 3. The summed E-state index contributed by atoms with van der Waals surface area (Å²) in [6, 6.07) is 7.74. The van der Waals surface area contributed by atoms with Gasteiger partial charge in [0, 0.05) is 51.9 Å². The molecule has 0 aromatic heterocycles. The highest BCUT2D eigenvalue weighted by Gasteiger charge is 2.21. The van der Waals surface area contributed by atoms with Gasteiger partial charge in [-0.3, -0.25) is 14.7 Å². The van der Waals surface area contributed by atoms with Crippen LogP contribution < -0.4 is 16.0 Å². The number of amides is 1. The summed E-state index contributed by atoms with van der Waals surface area (Å²) in [6.07, 6.45) is 2.48. The Balaban J connectivity index is 0.00000450. The van der Waals surface area contributed by atoms with E-state index in [0.717, 1.165) is 63.6 Å². The molecule has 1 amide bonds. The molecule has 1 aliphatic heterocycles. The second-order valence-electron chi connectivity index (χ2n) is 7.59. The highest BCUT2D eigenvalue weighted by Crippen LogP contribution is 2.10. The third kappa shape index (κ3) is 9.61. The van der Waals surface area contributed by atoms with Crippen LogP contribution in [0.15, 0.2) is 29.3 Å². The first-order valence-electron chi connectivity index (χ1n) is 10.7. The van der Waals surface area contributed by atoms with Crippen molar-refractivity contribution in [3.63, 3.8) is 0 Å². The molecule has 30 heavy (non-hydrogen) atoms. The standard InChI is InChI=1S/C22H37N5O2.HI/c1-5-24-22(25-11-7-13-27-15-17(2)29-18(3)16-27)26-12-10-19-8-6-9-20(14-19)21(28)23-4;/h6,8-9,14,17-18H,5,7,10-13,15-16H2,1-4H3,(H,23,28)(H2,24,25,26);1H. The third-order valence-corrected chi connectivity index (χ3v) is 4.86. The molecular weight excluding hydrogens is 493 g/mol. The molecule has 1 saturated heterocycles. The van der Waals surface area contributed by atoms with E-state index in [1.165, 1.54) is 0 Å². The molecule has 1 fully saturated rings. The van der Waals surface area contributed by atoms with Crippen LogP contribution in [0.25, 0.3) is 0 Å². The number of morpholine rings is 1. The largest absolute Gasteiger partial charge is 0.373 e. The third-order valence-electron chi connectivity index (χ3n) is 4.86. The zero-order valence-electron chi connectivity index (χ0n) is 18.7. The van der Waals surface area contributed by atoms with E-state index in [4.69, 9.17) is 9.73 Å². The van der Waals surface area contributed by atoms with E-state index in [1.54, 1.807) is 7.05 Å². The van der Waals surface area contributed by atoms with Crippen molar-refractivity contribution in [2.24, 2.45) is 4.99 Å². The van der Waals surface area contributed by atoms with Crippen molar-refractivity contribution in [1.29, 1.82) is 0 Å². The summed E-state index contributed by atoms with van der Waals surface area (Å²) >= 11 is 0. The predicted octanol–water partition coefficient (Wildman–Crippen LogP) is 2.26. The highest BCUT2D eigenvalue weighted by atomic mass is 127. The average molecular weight is 531 g/mol. The second-order valence-corrected chi connectivity index (χ2v) is 7.59. The number of aliphatic imine (C=N–C) groups is 1. The van der Waals surface area contributed by atoms with Crippen molar-refractivity contribution >= 4 is 35.8 Å². The minimum absolute atomic E-state index is 0. The number of ether oxygens (including phenoxy) is 1. The molecule has 0 bridgehead atoms. The van der Waals surface area contributed by atoms with Gasteiger partial charge < -0.3 is 20.7 Å². The summed E-state index contributed by atoms with van der Waals surface area (Å²) in [5, 5.41) is 9.35. The average Bonchev–Trinajstić information content (AvgIpc) is 2.70. The van der Waals surface area contributed by atoms with Gasteiger partial charge in [0.25, 0.3) is 5.91 Å². The first-order chi connectivity index (χ1) is 14.0. The number of hydrogen-bond acceptors (Lipinski definition) is 4. The molecule has 2 unspecified atom stereocenters. The van der Waals surface area contributed by atoms with Crippen LogP contribution in [0.1, 0.15) is 43.1 Å². The fourth-order valence-electron chi connectivity index (χ4n) is 3.63. The van der Waals surface area contributed by atoms with Gasteiger partial charge >= 0.3 is 0 Å². The molecule has 0 saturated carbocycles. The Morgan fingerprint density at radius 1 is 1.23 bits per heavy atom. The van der Waals surface area contributed by atoms with Gasteiger partial charge in [0.1, 0.15) is 0 Å². The lowest BCUT2D eigenvalue weighted by Gasteiger charge is -2.35. The van der Waals surface area contributed by atoms with Gasteiger partial charge in [-0.15, -0.1) is 24.0 Å². The maximum Gasteiger partial charge on any atom is 0.251 e. The molecule has 2 atom stereocenters. The Kier molecular flexibility index (Phi) is 13.0. The first-order valence-corrected chi connectivity index (χ1v) is 10.7. The molecule has 0 radical (unpaired) electrons. The van der Waals surface area contributed by atoms with Crippen molar-refractivity contribution in [2.45, 2.75) is 45.8 Å². The Bertz CT molecular complexity index is 661. The minimum atomic E-state index is -0.0567. The Labute approximate surface area is 198 Å². The van der Waals surface area contributed by atoms with Crippen molar-refractivity contribution in [2.75, 3.05) is 46.3 Å². The van der Waals surface area contributed by atoms with E-state index in [2.05, 4.69) is 41.6 Å². The molecule has 1 heterocycles. The molecule has 3 N–H and O–H groups in total. The number of guanidine groups is 1. The zero-order valence-corrected chi connectivity index (χ0v) is 21.1. The Hall–Kier alpha value is -1.39. The van der Waals surface area contributed by atoms with Crippen LogP contribution in [0.2, 0.25) is 0 Å². The number of rotatable bonds is 9. The minimum Gasteiger partial charge on any atom is -0.373 e. The van der Waals surface area contributed by atoms with E-state index in [1.807, 2.05) is 24.3 Å². The van der Waals surface area contributed by atoms with Crippen LogP contribution in [0.3, 0.4) is 0 Å². The summed E-state index contributed by atoms with van der Waals surface area (Å²) in [5.74, 6) is 0.789. The topological polar surface area (TPSA) is 78.0 Å². The number of carbonyl (C=O) groups is 1. The van der Waals surface area contributed by atoms with Gasteiger partial charge in [0.2, 0.25) is 0 Å². The molecule has 0 spiro atoms. The van der Waals surface area contributed by atoms with Gasteiger partial charge in [-0.2, -0.15) is 0 Å². The van der Waals surface area contributed by atoms with Gasteiger partial charge in [-0.05, 0) is 51.3 Å². The number of nitrogens with zero attached hydrogens (tertiary/aromatic N) is 2. The molecule has 0 aliphatic carbocycles. The van der Waals surface area contributed by atoms with Crippen molar-refractivity contribution in [1.82, 2.24) is 20.9 Å². The lowest BCUT2D eigenvalue weighted by atomic mass is 10.1. The number of carbonyl (C=O) groups excluding carboxylic acids is 1. The van der Waals surface area contributed by atoms with Crippen LogP contribution in [-0.2, 0) is 11.2 Å². The van der Waals surface area contributed by atoms with E-state index in [9.17, 15) is 4.79 Å². The summed E-state index contributed by atoms with van der Waals surface area (Å²) in [5.41, 5.74) is 1.82. The lowest BCUT2D eigenvalue weighted by molar-refractivity contribution is -0.0679. The molecule has 1 aromatic carbocycles. The van der Waals surface area contributed by atoms with Gasteiger partial charge in [0.15, 0.2) is 5.96 Å². The number of benzene rings is 1. The number of hydrogen-bond donors (Lipinski definition) is 3. The van der Waals surface area contributed by atoms with Crippen molar-refractivity contribution < 1.29 is 9.53 Å². The number of halogens is 1. The van der Waals surface area contributed by atoms with Crippen LogP contribution >= 0.6 is 24.0 Å². The molecule has 8 heteroatoms. The fourth-order valence-corrected chi connectivity index (χ4v) is 3.63. The first kappa shape index (κ1) is 26.6. The fraction of sp³-hybridized carbons (Fsp3) is 0.636. The van der Waals surface area contributed by atoms with Crippen LogP contribution in [0.5, 0.6) is 0 Å². The van der Waals surface area contributed by atoms with Crippen molar-refractivity contribution in [3.8, 4) is 0 Å². The van der Waals surface area contributed by atoms with Gasteiger partial charge in [0.05, 0.1) is 12.2 Å². The van der Waals surface area contributed by atoms with E-state index < -0.39 is 0 Å². The summed E-state index contributed by atoms with van der Waals surface area (Å²) in [6.45, 7) is 11.8. The van der Waals surface area contributed by atoms with Gasteiger partial charge in [-0.25, -0.2) is 0 Å². The Morgan fingerprint density at radius 2 is 1.97 bits per heavy atom. The van der Waals surface area contributed by atoms with E-state index in [-0.39, 0.29) is 29.9 Å².